The Labute approximate surface area is 92.1 Å². The molecule has 0 bridgehead atoms. The number of likely N-dealkylation sites (tertiary alicyclic amines) is 1. The van der Waals surface area contributed by atoms with Gasteiger partial charge in [-0.15, -0.1) is 0 Å². The highest BCUT2D eigenvalue weighted by molar-refractivity contribution is 5.15. The van der Waals surface area contributed by atoms with Gasteiger partial charge in [0.1, 0.15) is 0 Å². The van der Waals surface area contributed by atoms with Gasteiger partial charge in [-0.05, 0) is 25.3 Å². The largest absolute Gasteiger partial charge is 0.329 e. The lowest BCUT2D eigenvalue weighted by atomic mass is 10.2. The molecule has 2 unspecified atom stereocenters. The summed E-state index contributed by atoms with van der Waals surface area (Å²) in [5, 5.41) is 0. The highest BCUT2D eigenvalue weighted by Crippen LogP contribution is 2.25. The van der Waals surface area contributed by atoms with Gasteiger partial charge in [0.25, 0.3) is 0 Å². The molecule has 2 nitrogen and oxygen atoms in total. The van der Waals surface area contributed by atoms with Crippen LogP contribution in [-0.2, 0) is 6.54 Å². The molecule has 0 amide bonds. The van der Waals surface area contributed by atoms with Crippen molar-refractivity contribution in [2.45, 2.75) is 38.4 Å². The minimum absolute atomic E-state index is 0.584. The Morgan fingerprint density at radius 1 is 1.27 bits per heavy atom. The molecule has 2 N–H and O–H groups in total. The Hall–Kier alpha value is -0.860. The van der Waals surface area contributed by atoms with E-state index in [0.717, 1.165) is 13.1 Å². The minimum atomic E-state index is 0.584. The first-order valence-electron chi connectivity index (χ1n) is 5.81. The highest BCUT2D eigenvalue weighted by Gasteiger charge is 2.28. The fourth-order valence-corrected chi connectivity index (χ4v) is 2.46. The zero-order valence-corrected chi connectivity index (χ0v) is 9.39. The lowest BCUT2D eigenvalue weighted by Crippen LogP contribution is -2.38. The lowest BCUT2D eigenvalue weighted by Gasteiger charge is -2.27. The van der Waals surface area contributed by atoms with Crippen molar-refractivity contribution in [3.05, 3.63) is 35.9 Å². The van der Waals surface area contributed by atoms with Crippen molar-refractivity contribution in [2.24, 2.45) is 5.73 Å². The molecule has 0 saturated carbocycles. The molecule has 0 spiro atoms. The van der Waals surface area contributed by atoms with E-state index in [4.69, 9.17) is 5.73 Å². The Morgan fingerprint density at radius 3 is 2.67 bits per heavy atom. The summed E-state index contributed by atoms with van der Waals surface area (Å²) in [5.41, 5.74) is 7.19. The summed E-state index contributed by atoms with van der Waals surface area (Å²) in [6.45, 7) is 4.14. The van der Waals surface area contributed by atoms with Gasteiger partial charge in [0, 0.05) is 25.2 Å². The number of nitrogens with two attached hydrogens (primary N) is 1. The van der Waals surface area contributed by atoms with Gasteiger partial charge in [-0.1, -0.05) is 30.3 Å². The predicted molar refractivity (Wildman–Crippen MR) is 63.5 cm³/mol. The van der Waals surface area contributed by atoms with Crippen molar-refractivity contribution in [2.75, 3.05) is 6.54 Å². The fourth-order valence-electron chi connectivity index (χ4n) is 2.46. The van der Waals surface area contributed by atoms with Crippen LogP contribution in [0.4, 0.5) is 0 Å². The molecule has 0 radical (unpaired) electrons. The van der Waals surface area contributed by atoms with Gasteiger partial charge in [0.15, 0.2) is 0 Å². The number of hydrogen-bond acceptors (Lipinski definition) is 2. The van der Waals surface area contributed by atoms with Crippen LogP contribution in [0.15, 0.2) is 30.3 Å². The first kappa shape index (κ1) is 10.7. The second-order valence-electron chi connectivity index (χ2n) is 4.47. The zero-order valence-electron chi connectivity index (χ0n) is 9.39. The van der Waals surface area contributed by atoms with Crippen LogP contribution in [0.3, 0.4) is 0 Å². The Kier molecular flexibility index (Phi) is 3.39. The van der Waals surface area contributed by atoms with Crippen LogP contribution in [0.2, 0.25) is 0 Å². The van der Waals surface area contributed by atoms with Crippen LogP contribution in [0.25, 0.3) is 0 Å². The molecule has 2 heteroatoms. The van der Waals surface area contributed by atoms with Gasteiger partial charge in [0.2, 0.25) is 0 Å². The molecule has 1 aromatic carbocycles. The molecule has 1 saturated heterocycles. The maximum atomic E-state index is 5.80. The van der Waals surface area contributed by atoms with Crippen LogP contribution in [0, 0.1) is 0 Å². The van der Waals surface area contributed by atoms with Gasteiger partial charge in [-0.2, -0.15) is 0 Å². The molecule has 1 aromatic rings. The Bertz CT molecular complexity index is 297. The molecular formula is C13H20N2. The summed E-state index contributed by atoms with van der Waals surface area (Å²) in [4.78, 5) is 2.54. The molecule has 1 aliphatic rings. The van der Waals surface area contributed by atoms with E-state index in [-0.39, 0.29) is 0 Å². The summed E-state index contributed by atoms with van der Waals surface area (Å²) in [6.07, 6.45) is 2.54. The first-order chi connectivity index (χ1) is 7.31. The summed E-state index contributed by atoms with van der Waals surface area (Å²) in [6, 6.07) is 11.9. The van der Waals surface area contributed by atoms with E-state index in [1.807, 2.05) is 0 Å². The van der Waals surface area contributed by atoms with Crippen LogP contribution in [0.5, 0.6) is 0 Å². The standard InChI is InChI=1S/C13H20N2/c1-11-7-8-13(9-14)15(11)10-12-5-3-2-4-6-12/h2-6,11,13H,7-10,14H2,1H3. The highest BCUT2D eigenvalue weighted by atomic mass is 15.2. The Morgan fingerprint density at radius 2 is 2.00 bits per heavy atom. The molecule has 1 heterocycles. The van der Waals surface area contributed by atoms with Crippen molar-refractivity contribution in [3.8, 4) is 0 Å². The lowest BCUT2D eigenvalue weighted by molar-refractivity contribution is 0.197. The van der Waals surface area contributed by atoms with Crippen molar-refractivity contribution < 1.29 is 0 Å². The molecule has 0 aromatic heterocycles. The average molecular weight is 204 g/mol. The molecule has 1 aliphatic heterocycles. The number of benzene rings is 1. The van der Waals surface area contributed by atoms with Gasteiger partial charge in [-0.3, -0.25) is 4.90 Å². The van der Waals surface area contributed by atoms with Crippen LogP contribution in [0.1, 0.15) is 25.3 Å². The van der Waals surface area contributed by atoms with Gasteiger partial charge >= 0.3 is 0 Å². The quantitative estimate of drug-likeness (QED) is 0.816. The third-order valence-electron chi connectivity index (χ3n) is 3.43. The van der Waals surface area contributed by atoms with E-state index in [0.29, 0.717) is 12.1 Å². The molecule has 15 heavy (non-hydrogen) atoms. The van der Waals surface area contributed by atoms with Crippen LogP contribution >= 0.6 is 0 Å². The Balaban J connectivity index is 2.04. The summed E-state index contributed by atoms with van der Waals surface area (Å²) >= 11 is 0. The van der Waals surface area contributed by atoms with E-state index >= 15 is 0 Å². The third kappa shape index (κ3) is 2.39. The summed E-state index contributed by atoms with van der Waals surface area (Å²) in [5.74, 6) is 0. The number of nitrogens with zero attached hydrogens (tertiary/aromatic N) is 1. The van der Waals surface area contributed by atoms with E-state index in [9.17, 15) is 0 Å². The van der Waals surface area contributed by atoms with Crippen molar-refractivity contribution in [3.63, 3.8) is 0 Å². The SMILES string of the molecule is CC1CCC(CN)N1Cc1ccccc1. The maximum Gasteiger partial charge on any atom is 0.0240 e. The monoisotopic (exact) mass is 204 g/mol. The van der Waals surface area contributed by atoms with Gasteiger partial charge in [-0.25, -0.2) is 0 Å². The van der Waals surface area contributed by atoms with Crippen molar-refractivity contribution in [1.82, 2.24) is 4.90 Å². The number of rotatable bonds is 3. The van der Waals surface area contributed by atoms with E-state index in [1.165, 1.54) is 18.4 Å². The number of hydrogen-bond donors (Lipinski definition) is 1. The second-order valence-corrected chi connectivity index (χ2v) is 4.47. The van der Waals surface area contributed by atoms with Gasteiger partial charge in [0.05, 0.1) is 0 Å². The molecule has 0 aliphatic carbocycles. The minimum Gasteiger partial charge on any atom is -0.329 e. The van der Waals surface area contributed by atoms with Crippen molar-refractivity contribution >= 4 is 0 Å². The van der Waals surface area contributed by atoms with Gasteiger partial charge < -0.3 is 5.73 Å². The zero-order chi connectivity index (χ0) is 10.7. The van der Waals surface area contributed by atoms with Crippen molar-refractivity contribution in [1.29, 1.82) is 0 Å². The van der Waals surface area contributed by atoms with Crippen LogP contribution in [-0.4, -0.2) is 23.5 Å². The third-order valence-corrected chi connectivity index (χ3v) is 3.43. The topological polar surface area (TPSA) is 29.3 Å². The van der Waals surface area contributed by atoms with Crippen LogP contribution < -0.4 is 5.73 Å². The normalized spacial score (nSPS) is 27.1. The maximum absolute atomic E-state index is 5.80. The predicted octanol–water partition coefficient (Wildman–Crippen LogP) is 2.00. The second kappa shape index (κ2) is 4.77. The molecule has 2 atom stereocenters. The fraction of sp³-hybridized carbons (Fsp3) is 0.538. The average Bonchev–Trinajstić information content (AvgIpc) is 2.62. The molecule has 1 fully saturated rings. The van der Waals surface area contributed by atoms with E-state index < -0.39 is 0 Å². The molecule has 82 valence electrons. The molecule has 2 rings (SSSR count). The first-order valence-corrected chi connectivity index (χ1v) is 5.81. The molecular weight excluding hydrogens is 184 g/mol. The smallest absolute Gasteiger partial charge is 0.0240 e. The van der Waals surface area contributed by atoms with E-state index in [2.05, 4.69) is 42.2 Å². The summed E-state index contributed by atoms with van der Waals surface area (Å²) in [7, 11) is 0. The summed E-state index contributed by atoms with van der Waals surface area (Å²) < 4.78 is 0. The van der Waals surface area contributed by atoms with E-state index in [1.54, 1.807) is 0 Å².